The molecule has 0 bridgehead atoms. The lowest BCUT2D eigenvalue weighted by Gasteiger charge is -2.38. The second-order valence-electron chi connectivity index (χ2n) is 4.25. The smallest absolute Gasteiger partial charge is 0.136 e. The molecule has 0 rings (SSSR count). The van der Waals surface area contributed by atoms with E-state index < -0.39 is 10.8 Å². The number of hydrogen-bond donors (Lipinski definition) is 1. The van der Waals surface area contributed by atoms with Gasteiger partial charge in [-0.25, -0.2) is 0 Å². The molecule has 0 aliphatic rings. The number of Topliss-reactive ketones (excluding diaryl/α,β-unsaturated/α-hetero) is 1. The minimum atomic E-state index is -0.571. The number of aliphatic hydroxyl groups is 1. The molecule has 0 saturated carbocycles. The van der Waals surface area contributed by atoms with E-state index in [1.807, 2.05) is 27.7 Å². The van der Waals surface area contributed by atoms with Gasteiger partial charge in [0.05, 0.1) is 5.76 Å². The van der Waals surface area contributed by atoms with E-state index in [-0.39, 0.29) is 11.5 Å². The van der Waals surface area contributed by atoms with E-state index in [9.17, 15) is 9.90 Å². The van der Waals surface area contributed by atoms with Gasteiger partial charge in [-0.3, -0.25) is 4.79 Å². The summed E-state index contributed by atoms with van der Waals surface area (Å²) in [6.45, 7) is 12.3. The van der Waals surface area contributed by atoms with Crippen LogP contribution in [-0.4, -0.2) is 10.9 Å². The largest absolute Gasteiger partial charge is 0.512 e. The molecule has 0 radical (unpaired) electrons. The molecule has 0 heterocycles. The first kappa shape index (κ1) is 11.2. The maximum absolute atomic E-state index is 11.3. The topological polar surface area (TPSA) is 37.3 Å². The van der Waals surface area contributed by atoms with Crippen LogP contribution >= 0.6 is 0 Å². The van der Waals surface area contributed by atoms with E-state index in [0.29, 0.717) is 0 Å². The maximum atomic E-state index is 11.3. The molecule has 2 heteroatoms. The van der Waals surface area contributed by atoms with Gasteiger partial charge in [0.15, 0.2) is 0 Å². The van der Waals surface area contributed by atoms with Crippen LogP contribution in [0.25, 0.3) is 0 Å². The summed E-state index contributed by atoms with van der Waals surface area (Å²) in [5.74, 6) is 0.116. The van der Waals surface area contributed by atoms with Crippen molar-refractivity contribution in [2.24, 2.45) is 10.8 Å². The van der Waals surface area contributed by atoms with Crippen molar-refractivity contribution in [2.45, 2.75) is 34.6 Å². The van der Waals surface area contributed by atoms with Crippen LogP contribution in [0.3, 0.4) is 0 Å². The Morgan fingerprint density at radius 1 is 1.17 bits per heavy atom. The molecular weight excluding hydrogens is 152 g/mol. The fraction of sp³-hybridized carbons (Fsp3) is 0.700. The Labute approximate surface area is 74.3 Å². The maximum Gasteiger partial charge on any atom is 0.136 e. The van der Waals surface area contributed by atoms with Crippen molar-refractivity contribution in [3.05, 3.63) is 12.3 Å². The fourth-order valence-electron chi connectivity index (χ4n) is 0.801. The average Bonchev–Trinajstić information content (AvgIpc) is 1.86. The minimum Gasteiger partial charge on any atom is -0.512 e. The summed E-state index contributed by atoms with van der Waals surface area (Å²) in [4.78, 5) is 11.3. The Bertz CT molecular complexity index is 188. The van der Waals surface area contributed by atoms with Gasteiger partial charge >= 0.3 is 0 Å². The molecule has 1 N–H and O–H groups in total. The predicted molar refractivity (Wildman–Crippen MR) is 50.0 cm³/mol. The molecule has 0 spiro atoms. The summed E-state index contributed by atoms with van der Waals surface area (Å²) in [6, 6.07) is 0. The van der Waals surface area contributed by atoms with Crippen LogP contribution < -0.4 is 0 Å². The number of ketones is 1. The lowest BCUT2D eigenvalue weighted by atomic mass is 9.65. The van der Waals surface area contributed by atoms with Gasteiger partial charge in [-0.05, 0) is 6.92 Å². The van der Waals surface area contributed by atoms with Crippen molar-refractivity contribution < 1.29 is 9.90 Å². The Hall–Kier alpha value is -0.790. The van der Waals surface area contributed by atoms with E-state index in [2.05, 4.69) is 6.58 Å². The molecule has 0 aromatic carbocycles. The highest BCUT2D eigenvalue weighted by atomic mass is 16.3. The Morgan fingerprint density at radius 2 is 1.50 bits per heavy atom. The second kappa shape index (κ2) is 2.92. The van der Waals surface area contributed by atoms with E-state index in [1.54, 1.807) is 0 Å². The highest BCUT2D eigenvalue weighted by Crippen LogP contribution is 2.43. The Kier molecular flexibility index (Phi) is 2.73. The van der Waals surface area contributed by atoms with Gasteiger partial charge in [-0.2, -0.15) is 0 Å². The summed E-state index contributed by atoms with van der Waals surface area (Å²) in [5.41, 5.74) is -1.14. The molecule has 0 aromatic heterocycles. The number of carbonyl (C=O) groups excluding carboxylic acids is 1. The molecule has 0 fully saturated rings. The zero-order chi connectivity index (χ0) is 10.2. The monoisotopic (exact) mass is 170 g/mol. The van der Waals surface area contributed by atoms with Gasteiger partial charge in [0.2, 0.25) is 0 Å². The van der Waals surface area contributed by atoms with Crippen LogP contribution in [0.5, 0.6) is 0 Å². The van der Waals surface area contributed by atoms with Gasteiger partial charge in [-0.1, -0.05) is 34.3 Å². The minimum absolute atomic E-state index is 0.0581. The van der Waals surface area contributed by atoms with Crippen molar-refractivity contribution >= 4 is 5.78 Å². The Morgan fingerprint density at radius 3 is 1.58 bits per heavy atom. The van der Waals surface area contributed by atoms with Crippen LogP contribution in [0, 0.1) is 10.8 Å². The summed E-state index contributed by atoms with van der Waals surface area (Å²) >= 11 is 0. The molecule has 0 aromatic rings. The third kappa shape index (κ3) is 1.52. The average molecular weight is 170 g/mol. The number of aliphatic hydroxyl groups excluding tert-OH is 1. The van der Waals surface area contributed by atoms with Gasteiger partial charge in [-0.15, -0.1) is 0 Å². The molecule has 0 aliphatic heterocycles. The molecular formula is C10H18O2. The van der Waals surface area contributed by atoms with E-state index in [4.69, 9.17) is 0 Å². The van der Waals surface area contributed by atoms with E-state index >= 15 is 0 Å². The van der Waals surface area contributed by atoms with Crippen molar-refractivity contribution in [1.29, 1.82) is 0 Å². The van der Waals surface area contributed by atoms with Gasteiger partial charge in [0.25, 0.3) is 0 Å². The van der Waals surface area contributed by atoms with Crippen LogP contribution in [0.15, 0.2) is 12.3 Å². The summed E-state index contributed by atoms with van der Waals surface area (Å²) in [7, 11) is 0. The van der Waals surface area contributed by atoms with Crippen molar-refractivity contribution in [3.63, 3.8) is 0 Å². The third-order valence-corrected chi connectivity index (χ3v) is 3.16. The van der Waals surface area contributed by atoms with E-state index in [1.165, 1.54) is 6.92 Å². The predicted octanol–water partition coefficient (Wildman–Crippen LogP) is 2.70. The molecule has 0 amide bonds. The van der Waals surface area contributed by atoms with E-state index in [0.717, 1.165) is 0 Å². The number of allylic oxidation sites excluding steroid dienone is 1. The third-order valence-electron chi connectivity index (χ3n) is 3.16. The van der Waals surface area contributed by atoms with Crippen LogP contribution in [-0.2, 0) is 4.79 Å². The van der Waals surface area contributed by atoms with Gasteiger partial charge in [0.1, 0.15) is 5.78 Å². The second-order valence-corrected chi connectivity index (χ2v) is 4.25. The first-order valence-corrected chi connectivity index (χ1v) is 4.03. The number of carbonyl (C=O) groups is 1. The molecule has 0 aliphatic carbocycles. The molecule has 0 unspecified atom stereocenters. The van der Waals surface area contributed by atoms with Gasteiger partial charge in [0, 0.05) is 10.8 Å². The lowest BCUT2D eigenvalue weighted by Crippen LogP contribution is -2.39. The van der Waals surface area contributed by atoms with Crippen molar-refractivity contribution in [3.8, 4) is 0 Å². The quantitative estimate of drug-likeness (QED) is 0.661. The SMILES string of the molecule is C=C(O)C(C)(C)C(C)(C)C(C)=O. The molecule has 12 heavy (non-hydrogen) atoms. The summed E-state index contributed by atoms with van der Waals surface area (Å²) in [6.07, 6.45) is 0. The molecule has 70 valence electrons. The zero-order valence-corrected chi connectivity index (χ0v) is 8.56. The van der Waals surface area contributed by atoms with Crippen molar-refractivity contribution in [2.75, 3.05) is 0 Å². The molecule has 0 atom stereocenters. The summed E-state index contributed by atoms with van der Waals surface area (Å²) < 4.78 is 0. The normalized spacial score (nSPS) is 12.8. The highest BCUT2D eigenvalue weighted by molar-refractivity contribution is 5.82. The first-order valence-electron chi connectivity index (χ1n) is 4.03. The van der Waals surface area contributed by atoms with Gasteiger partial charge < -0.3 is 5.11 Å². The van der Waals surface area contributed by atoms with Crippen LogP contribution in [0.1, 0.15) is 34.6 Å². The number of hydrogen-bond acceptors (Lipinski definition) is 2. The van der Waals surface area contributed by atoms with Crippen molar-refractivity contribution in [1.82, 2.24) is 0 Å². The zero-order valence-electron chi connectivity index (χ0n) is 8.56. The standard InChI is InChI=1S/C10H18O2/c1-7(11)9(3,4)10(5,6)8(2)12/h11H,1H2,2-6H3. The molecule has 0 saturated heterocycles. The van der Waals surface area contributed by atoms with Crippen LogP contribution in [0.4, 0.5) is 0 Å². The molecule has 2 nitrogen and oxygen atoms in total. The summed E-state index contributed by atoms with van der Waals surface area (Å²) in [5, 5.41) is 9.32. The highest BCUT2D eigenvalue weighted by Gasteiger charge is 2.43. The number of rotatable bonds is 3. The fourth-order valence-corrected chi connectivity index (χ4v) is 0.801. The first-order chi connectivity index (χ1) is 5.14. The Balaban J connectivity index is 5.01. The lowest BCUT2D eigenvalue weighted by molar-refractivity contribution is -0.130. The van der Waals surface area contributed by atoms with Crippen LogP contribution in [0.2, 0.25) is 0 Å².